The molecule has 0 aromatic carbocycles. The molecule has 0 saturated heterocycles. The molecular weight excluding hydrogens is 168 g/mol. The van der Waals surface area contributed by atoms with Gasteiger partial charge in [0.1, 0.15) is 5.03 Å². The second kappa shape index (κ2) is 3.12. The molecule has 0 spiro atoms. The fourth-order valence-corrected chi connectivity index (χ4v) is 1.41. The van der Waals surface area contributed by atoms with Gasteiger partial charge >= 0.3 is 0 Å². The molecule has 0 aliphatic heterocycles. The van der Waals surface area contributed by atoms with Crippen LogP contribution in [0.15, 0.2) is 17.3 Å². The third-order valence-corrected chi connectivity index (χ3v) is 2.13. The monoisotopic (exact) mass is 174 g/mol. The molecule has 1 heterocycles. The average molecular weight is 175 g/mol. The van der Waals surface area contributed by atoms with Crippen molar-refractivity contribution in [2.75, 3.05) is 12.0 Å². The van der Waals surface area contributed by atoms with Gasteiger partial charge in [0.05, 0.1) is 16.9 Å². The Morgan fingerprint density at radius 3 is 2.90 bits per heavy atom. The second-order valence-electron chi connectivity index (χ2n) is 1.76. The molecule has 0 unspecified atom stereocenters. The van der Waals surface area contributed by atoms with Gasteiger partial charge < -0.3 is 5.73 Å². The number of nitrogens with two attached hydrogens (primary N) is 1. The smallest absolute Gasteiger partial charge is 0.114 e. The van der Waals surface area contributed by atoms with E-state index >= 15 is 0 Å². The highest BCUT2D eigenvalue weighted by molar-refractivity contribution is 7.98. The van der Waals surface area contributed by atoms with Crippen LogP contribution in [-0.2, 0) is 0 Å². The van der Waals surface area contributed by atoms with Crippen LogP contribution in [0.25, 0.3) is 0 Å². The van der Waals surface area contributed by atoms with Crippen LogP contribution in [0, 0.1) is 0 Å². The molecule has 0 bridgehead atoms. The van der Waals surface area contributed by atoms with Crippen LogP contribution in [0.1, 0.15) is 0 Å². The Bertz CT molecular complexity index is 239. The van der Waals surface area contributed by atoms with E-state index in [-0.39, 0.29) is 0 Å². The molecule has 0 radical (unpaired) electrons. The fraction of sp³-hybridized carbons (Fsp3) is 0.167. The van der Waals surface area contributed by atoms with Gasteiger partial charge in [-0.1, -0.05) is 11.6 Å². The number of pyridine rings is 1. The zero-order valence-corrected chi connectivity index (χ0v) is 7.04. The molecule has 10 heavy (non-hydrogen) atoms. The number of thioether (sulfide) groups is 1. The number of nitrogen functional groups attached to an aromatic ring is 1. The summed E-state index contributed by atoms with van der Waals surface area (Å²) in [6, 6.07) is 1.69. The molecule has 0 atom stereocenters. The van der Waals surface area contributed by atoms with Crippen LogP contribution >= 0.6 is 23.4 Å². The first-order valence-electron chi connectivity index (χ1n) is 2.69. The summed E-state index contributed by atoms with van der Waals surface area (Å²) < 4.78 is 0. The zero-order valence-electron chi connectivity index (χ0n) is 5.47. The molecule has 0 amide bonds. The van der Waals surface area contributed by atoms with Gasteiger partial charge in [0.15, 0.2) is 0 Å². The van der Waals surface area contributed by atoms with Gasteiger partial charge in [-0.15, -0.1) is 11.8 Å². The van der Waals surface area contributed by atoms with Crippen LogP contribution in [0.2, 0.25) is 5.02 Å². The minimum absolute atomic E-state index is 0.600. The standard InChI is InChI=1S/C6H7ClN2S/c1-10-6-5(7)2-4(8)3-9-6/h2-3H,8H2,1H3. The van der Waals surface area contributed by atoms with Gasteiger partial charge in [-0.05, 0) is 12.3 Å². The number of nitrogens with zero attached hydrogens (tertiary/aromatic N) is 1. The molecule has 2 N–H and O–H groups in total. The third kappa shape index (κ3) is 1.55. The van der Waals surface area contributed by atoms with E-state index in [1.807, 2.05) is 6.26 Å². The van der Waals surface area contributed by atoms with Gasteiger partial charge in [0.25, 0.3) is 0 Å². The Morgan fingerprint density at radius 2 is 2.40 bits per heavy atom. The topological polar surface area (TPSA) is 38.9 Å². The lowest BCUT2D eigenvalue weighted by Gasteiger charge is -1.98. The summed E-state index contributed by atoms with van der Waals surface area (Å²) in [4.78, 5) is 4.00. The fourth-order valence-electron chi connectivity index (χ4n) is 0.590. The van der Waals surface area contributed by atoms with Crippen molar-refractivity contribution in [1.82, 2.24) is 4.98 Å². The lowest BCUT2D eigenvalue weighted by Crippen LogP contribution is -1.87. The molecule has 1 rings (SSSR count). The van der Waals surface area contributed by atoms with Crippen molar-refractivity contribution in [2.45, 2.75) is 5.03 Å². The summed E-state index contributed by atoms with van der Waals surface area (Å²) in [6.07, 6.45) is 3.52. The Labute approximate surface area is 68.8 Å². The number of anilines is 1. The molecule has 0 aliphatic carbocycles. The van der Waals surface area contributed by atoms with Crippen molar-refractivity contribution in [3.05, 3.63) is 17.3 Å². The number of hydrogen-bond acceptors (Lipinski definition) is 3. The summed E-state index contributed by atoms with van der Waals surface area (Å²) in [5.74, 6) is 0. The normalized spacial score (nSPS) is 9.80. The van der Waals surface area contributed by atoms with Crippen molar-refractivity contribution in [2.24, 2.45) is 0 Å². The van der Waals surface area contributed by atoms with E-state index in [0.717, 1.165) is 5.03 Å². The third-order valence-electron chi connectivity index (χ3n) is 1.02. The number of aromatic nitrogens is 1. The van der Waals surface area contributed by atoms with Crippen molar-refractivity contribution in [1.29, 1.82) is 0 Å². The SMILES string of the molecule is CSc1ncc(N)cc1Cl. The van der Waals surface area contributed by atoms with Crippen molar-refractivity contribution < 1.29 is 0 Å². The van der Waals surface area contributed by atoms with Gasteiger partial charge in [-0.25, -0.2) is 4.98 Å². The van der Waals surface area contributed by atoms with E-state index in [1.54, 1.807) is 12.3 Å². The average Bonchev–Trinajstić information content (AvgIpc) is 1.88. The van der Waals surface area contributed by atoms with Crippen LogP contribution in [-0.4, -0.2) is 11.2 Å². The van der Waals surface area contributed by atoms with Gasteiger partial charge in [-0.3, -0.25) is 0 Å². The Morgan fingerprint density at radius 1 is 1.70 bits per heavy atom. The maximum Gasteiger partial charge on any atom is 0.114 e. The van der Waals surface area contributed by atoms with E-state index in [0.29, 0.717) is 10.7 Å². The summed E-state index contributed by atoms with van der Waals surface area (Å²) in [5.41, 5.74) is 6.03. The van der Waals surface area contributed by atoms with E-state index < -0.39 is 0 Å². The van der Waals surface area contributed by atoms with Crippen molar-refractivity contribution in [3.63, 3.8) is 0 Å². The molecule has 54 valence electrons. The molecule has 0 fully saturated rings. The summed E-state index contributed by atoms with van der Waals surface area (Å²) in [5, 5.41) is 1.43. The predicted octanol–water partition coefficient (Wildman–Crippen LogP) is 2.04. The molecule has 0 aliphatic rings. The first kappa shape index (κ1) is 7.69. The predicted molar refractivity (Wildman–Crippen MR) is 45.4 cm³/mol. The van der Waals surface area contributed by atoms with Crippen molar-refractivity contribution >= 4 is 29.1 Å². The van der Waals surface area contributed by atoms with Crippen LogP contribution < -0.4 is 5.73 Å². The Kier molecular flexibility index (Phi) is 2.40. The summed E-state index contributed by atoms with van der Waals surface area (Å²) in [6.45, 7) is 0. The van der Waals surface area contributed by atoms with E-state index in [4.69, 9.17) is 17.3 Å². The highest BCUT2D eigenvalue weighted by Gasteiger charge is 1.98. The summed E-state index contributed by atoms with van der Waals surface area (Å²) >= 11 is 7.27. The van der Waals surface area contributed by atoms with E-state index in [1.165, 1.54) is 11.8 Å². The second-order valence-corrected chi connectivity index (χ2v) is 2.96. The minimum Gasteiger partial charge on any atom is -0.397 e. The van der Waals surface area contributed by atoms with Crippen molar-refractivity contribution in [3.8, 4) is 0 Å². The highest BCUT2D eigenvalue weighted by Crippen LogP contribution is 2.23. The van der Waals surface area contributed by atoms with E-state index in [2.05, 4.69) is 4.98 Å². The maximum atomic E-state index is 5.77. The molecule has 2 nitrogen and oxygen atoms in total. The number of rotatable bonds is 1. The Balaban J connectivity index is 3.07. The van der Waals surface area contributed by atoms with E-state index in [9.17, 15) is 0 Å². The molecule has 0 saturated carbocycles. The molecular formula is C6H7ClN2S. The summed E-state index contributed by atoms with van der Waals surface area (Å²) in [7, 11) is 0. The highest BCUT2D eigenvalue weighted by atomic mass is 35.5. The number of hydrogen-bond donors (Lipinski definition) is 1. The van der Waals surface area contributed by atoms with Gasteiger partial charge in [-0.2, -0.15) is 0 Å². The molecule has 1 aromatic rings. The first-order chi connectivity index (χ1) is 4.74. The quantitative estimate of drug-likeness (QED) is 0.663. The first-order valence-corrected chi connectivity index (χ1v) is 4.29. The van der Waals surface area contributed by atoms with Gasteiger partial charge in [0.2, 0.25) is 0 Å². The van der Waals surface area contributed by atoms with Crippen LogP contribution in [0.4, 0.5) is 5.69 Å². The Hall–Kier alpha value is -0.410. The van der Waals surface area contributed by atoms with Crippen LogP contribution in [0.3, 0.4) is 0 Å². The number of halogens is 1. The van der Waals surface area contributed by atoms with Gasteiger partial charge in [0, 0.05) is 0 Å². The lowest BCUT2D eigenvalue weighted by atomic mass is 10.4. The van der Waals surface area contributed by atoms with Crippen LogP contribution in [0.5, 0.6) is 0 Å². The molecule has 1 aromatic heterocycles. The largest absolute Gasteiger partial charge is 0.397 e. The minimum atomic E-state index is 0.600. The zero-order chi connectivity index (χ0) is 7.56. The maximum absolute atomic E-state index is 5.77. The lowest BCUT2D eigenvalue weighted by molar-refractivity contribution is 1.14. The molecule has 4 heteroatoms.